The fourth-order valence-electron chi connectivity index (χ4n) is 2.01. The number of anilines is 2. The van der Waals surface area contributed by atoms with Gasteiger partial charge in [-0.3, -0.25) is 9.78 Å². The van der Waals surface area contributed by atoms with Gasteiger partial charge < -0.3 is 10.6 Å². The maximum atomic E-state index is 13.2. The first-order valence-electron chi connectivity index (χ1n) is 7.23. The molecule has 6 nitrogen and oxygen atoms in total. The second-order valence-electron chi connectivity index (χ2n) is 4.94. The topological polar surface area (TPSA) is 79.8 Å². The van der Waals surface area contributed by atoms with Crippen molar-refractivity contribution in [1.82, 2.24) is 20.3 Å². The minimum absolute atomic E-state index is 0.220. The second-order valence-corrected chi connectivity index (χ2v) is 4.94. The Balaban J connectivity index is 1.67. The van der Waals surface area contributed by atoms with Crippen molar-refractivity contribution in [2.75, 3.05) is 5.32 Å². The molecule has 3 aromatic rings. The molecule has 2 heterocycles. The van der Waals surface area contributed by atoms with Crippen LogP contribution in [0, 0.1) is 5.82 Å². The zero-order chi connectivity index (χ0) is 16.8. The first kappa shape index (κ1) is 15.5. The third kappa shape index (κ3) is 4.10. The number of aromatic nitrogens is 3. The number of carbonyl (C=O) groups is 1. The molecule has 0 aliphatic rings. The number of nitrogens with one attached hydrogen (secondary N) is 2. The highest BCUT2D eigenvalue weighted by atomic mass is 19.1. The number of hydrogen-bond donors (Lipinski definition) is 2. The summed E-state index contributed by atoms with van der Waals surface area (Å²) in [7, 11) is 0. The summed E-state index contributed by atoms with van der Waals surface area (Å²) < 4.78 is 13.2. The van der Waals surface area contributed by atoms with Crippen LogP contribution in [0.3, 0.4) is 0 Å². The minimum atomic E-state index is -0.369. The number of halogens is 1. The minimum Gasteiger partial charge on any atom is -0.347 e. The molecule has 3 rings (SSSR count). The maximum absolute atomic E-state index is 13.2. The molecule has 0 atom stereocenters. The van der Waals surface area contributed by atoms with Crippen LogP contribution in [0.15, 0.2) is 61.1 Å². The van der Waals surface area contributed by atoms with E-state index in [-0.39, 0.29) is 23.4 Å². The Hall–Kier alpha value is -3.35. The number of amides is 1. The fraction of sp³-hybridized carbons (Fsp3) is 0.0588. The van der Waals surface area contributed by atoms with Crippen LogP contribution in [0.5, 0.6) is 0 Å². The van der Waals surface area contributed by atoms with E-state index >= 15 is 0 Å². The Morgan fingerprint density at radius 1 is 1.08 bits per heavy atom. The van der Waals surface area contributed by atoms with E-state index in [1.807, 2.05) is 12.1 Å². The Bertz CT molecular complexity index is 841. The van der Waals surface area contributed by atoms with Crippen LogP contribution < -0.4 is 10.6 Å². The summed E-state index contributed by atoms with van der Waals surface area (Å²) in [6, 6.07) is 11.1. The molecule has 0 aliphatic carbocycles. The van der Waals surface area contributed by atoms with Gasteiger partial charge in [0.15, 0.2) is 0 Å². The molecule has 120 valence electrons. The number of pyridine rings is 1. The number of benzene rings is 1. The number of nitrogens with zero attached hydrogens (tertiary/aromatic N) is 3. The lowest BCUT2D eigenvalue weighted by Gasteiger charge is -2.07. The monoisotopic (exact) mass is 323 g/mol. The molecule has 0 saturated carbocycles. The van der Waals surface area contributed by atoms with Gasteiger partial charge in [-0.25, -0.2) is 14.4 Å². The summed E-state index contributed by atoms with van der Waals surface area (Å²) in [5.74, 6) is -0.472. The van der Waals surface area contributed by atoms with Crippen molar-refractivity contribution in [3.8, 4) is 0 Å². The zero-order valence-corrected chi connectivity index (χ0v) is 12.6. The lowest BCUT2D eigenvalue weighted by Crippen LogP contribution is -2.24. The first-order chi connectivity index (χ1) is 11.7. The summed E-state index contributed by atoms with van der Waals surface area (Å²) in [4.78, 5) is 24.3. The smallest absolute Gasteiger partial charge is 0.270 e. The van der Waals surface area contributed by atoms with Gasteiger partial charge in [-0.2, -0.15) is 0 Å². The van der Waals surface area contributed by atoms with E-state index in [0.29, 0.717) is 12.2 Å². The van der Waals surface area contributed by atoms with E-state index in [1.54, 1.807) is 24.5 Å². The van der Waals surface area contributed by atoms with E-state index in [0.717, 1.165) is 5.56 Å². The lowest BCUT2D eigenvalue weighted by atomic mass is 10.2. The predicted octanol–water partition coefficient (Wildman–Crippen LogP) is 2.68. The van der Waals surface area contributed by atoms with Crippen molar-refractivity contribution in [3.05, 3.63) is 78.1 Å². The Morgan fingerprint density at radius 2 is 1.92 bits per heavy atom. The number of hydrogen-bond acceptors (Lipinski definition) is 5. The third-order valence-corrected chi connectivity index (χ3v) is 3.17. The van der Waals surface area contributed by atoms with Crippen molar-refractivity contribution in [2.45, 2.75) is 6.54 Å². The zero-order valence-electron chi connectivity index (χ0n) is 12.6. The third-order valence-electron chi connectivity index (χ3n) is 3.17. The van der Waals surface area contributed by atoms with Crippen molar-refractivity contribution < 1.29 is 9.18 Å². The van der Waals surface area contributed by atoms with E-state index < -0.39 is 0 Å². The summed E-state index contributed by atoms with van der Waals surface area (Å²) >= 11 is 0. The SMILES string of the molecule is O=C(NCc1ccncc1)c1ccnc(Nc2cccc(F)c2)n1. The molecule has 1 amide bonds. The van der Waals surface area contributed by atoms with E-state index in [1.165, 1.54) is 24.4 Å². The molecule has 0 radical (unpaired) electrons. The molecule has 0 unspecified atom stereocenters. The molecule has 2 N–H and O–H groups in total. The van der Waals surface area contributed by atoms with Gasteiger partial charge in [0.2, 0.25) is 5.95 Å². The van der Waals surface area contributed by atoms with Crippen LogP contribution in [0.4, 0.5) is 16.0 Å². The predicted molar refractivity (Wildman–Crippen MR) is 87.1 cm³/mol. The van der Waals surface area contributed by atoms with Crippen LogP contribution in [0.1, 0.15) is 16.1 Å². The summed E-state index contributed by atoms with van der Waals surface area (Å²) in [5, 5.41) is 5.63. The molecule has 2 aromatic heterocycles. The van der Waals surface area contributed by atoms with Gasteiger partial charge in [-0.15, -0.1) is 0 Å². The second kappa shape index (κ2) is 7.28. The molecular formula is C17H14FN5O. The van der Waals surface area contributed by atoms with E-state index in [4.69, 9.17) is 0 Å². The van der Waals surface area contributed by atoms with Crippen molar-refractivity contribution in [3.63, 3.8) is 0 Å². The Kier molecular flexibility index (Phi) is 4.71. The van der Waals surface area contributed by atoms with Crippen molar-refractivity contribution in [1.29, 1.82) is 0 Å². The Morgan fingerprint density at radius 3 is 2.71 bits per heavy atom. The molecule has 24 heavy (non-hydrogen) atoms. The average molecular weight is 323 g/mol. The quantitative estimate of drug-likeness (QED) is 0.754. The summed E-state index contributed by atoms with van der Waals surface area (Å²) in [5.41, 5.74) is 1.66. The molecule has 0 aliphatic heterocycles. The summed E-state index contributed by atoms with van der Waals surface area (Å²) in [6.07, 6.45) is 4.79. The molecule has 0 spiro atoms. The maximum Gasteiger partial charge on any atom is 0.270 e. The number of rotatable bonds is 5. The van der Waals surface area contributed by atoms with Crippen LogP contribution in [-0.4, -0.2) is 20.9 Å². The molecular weight excluding hydrogens is 309 g/mol. The van der Waals surface area contributed by atoms with Gasteiger partial charge in [0.05, 0.1) is 0 Å². The summed E-state index contributed by atoms with van der Waals surface area (Å²) in [6.45, 7) is 0.373. The first-order valence-corrected chi connectivity index (χ1v) is 7.23. The largest absolute Gasteiger partial charge is 0.347 e. The fourth-order valence-corrected chi connectivity index (χ4v) is 2.01. The van der Waals surface area contributed by atoms with E-state index in [2.05, 4.69) is 25.6 Å². The lowest BCUT2D eigenvalue weighted by molar-refractivity contribution is 0.0946. The van der Waals surface area contributed by atoms with Gasteiger partial charge in [-0.05, 0) is 42.0 Å². The van der Waals surface area contributed by atoms with Gasteiger partial charge in [0, 0.05) is 30.8 Å². The molecule has 0 fully saturated rings. The van der Waals surface area contributed by atoms with Crippen LogP contribution in [0.25, 0.3) is 0 Å². The van der Waals surface area contributed by atoms with E-state index in [9.17, 15) is 9.18 Å². The average Bonchev–Trinajstić information content (AvgIpc) is 2.61. The highest BCUT2D eigenvalue weighted by molar-refractivity contribution is 5.92. The van der Waals surface area contributed by atoms with Crippen molar-refractivity contribution in [2.24, 2.45) is 0 Å². The Labute approximate surface area is 137 Å². The highest BCUT2D eigenvalue weighted by Crippen LogP contribution is 2.14. The number of carbonyl (C=O) groups excluding carboxylic acids is 1. The highest BCUT2D eigenvalue weighted by Gasteiger charge is 2.09. The van der Waals surface area contributed by atoms with Crippen LogP contribution in [-0.2, 0) is 6.54 Å². The van der Waals surface area contributed by atoms with Gasteiger partial charge in [0.25, 0.3) is 5.91 Å². The standard InChI is InChI=1S/C17H14FN5O/c18-13-2-1-3-14(10-13)22-17-20-9-6-15(23-17)16(24)21-11-12-4-7-19-8-5-12/h1-10H,11H2,(H,21,24)(H,20,22,23). The van der Waals surface area contributed by atoms with Crippen LogP contribution in [0.2, 0.25) is 0 Å². The van der Waals surface area contributed by atoms with Gasteiger partial charge in [0.1, 0.15) is 11.5 Å². The van der Waals surface area contributed by atoms with Crippen LogP contribution >= 0.6 is 0 Å². The van der Waals surface area contributed by atoms with Gasteiger partial charge in [-0.1, -0.05) is 6.07 Å². The molecule has 0 saturated heterocycles. The van der Waals surface area contributed by atoms with Crippen molar-refractivity contribution >= 4 is 17.5 Å². The normalized spacial score (nSPS) is 10.2. The van der Waals surface area contributed by atoms with Gasteiger partial charge >= 0.3 is 0 Å². The molecule has 0 bridgehead atoms. The molecule has 7 heteroatoms. The molecule has 1 aromatic carbocycles.